The third-order valence-electron chi connectivity index (χ3n) is 9.24. The number of unbranched alkanes of at least 4 members (excludes halogenated alkanes) is 24. The zero-order chi connectivity index (χ0) is 30.7. The van der Waals surface area contributed by atoms with E-state index in [1.54, 1.807) is 0 Å². The van der Waals surface area contributed by atoms with Crippen LogP contribution in [0.2, 0.25) is 0 Å². The van der Waals surface area contributed by atoms with E-state index in [0.717, 1.165) is 26.3 Å². The molecule has 0 aromatic heterocycles. The van der Waals surface area contributed by atoms with E-state index in [2.05, 4.69) is 48.2 Å². The first kappa shape index (κ1) is 40.4. The molecule has 3 nitrogen and oxygen atoms in total. The van der Waals surface area contributed by atoms with Gasteiger partial charge in [-0.05, 0) is 64.2 Å². The molecule has 1 rings (SSSR count). The Morgan fingerprint density at radius 3 is 1.07 bits per heavy atom. The minimum absolute atomic E-state index is 0.900. The number of hydrogen-bond donors (Lipinski definition) is 0. The van der Waals surface area contributed by atoms with Crippen molar-refractivity contribution < 1.29 is 4.74 Å². The fraction of sp³-hybridized carbons (Fsp3) is 0.900. The van der Waals surface area contributed by atoms with E-state index in [0.29, 0.717) is 0 Å². The van der Waals surface area contributed by atoms with Crippen LogP contribution in [0, 0.1) is 0 Å². The average Bonchev–Trinajstić information content (AvgIpc) is 3.03. The second-order valence-electron chi connectivity index (χ2n) is 13.4. The molecule has 1 aliphatic heterocycles. The van der Waals surface area contributed by atoms with Crippen LogP contribution < -0.4 is 0 Å². The number of morpholine rings is 1. The van der Waals surface area contributed by atoms with E-state index in [1.165, 1.54) is 193 Å². The lowest BCUT2D eigenvalue weighted by Crippen LogP contribution is -2.49. The zero-order valence-corrected chi connectivity index (χ0v) is 29.7. The Bertz CT molecular complexity index is 541. The van der Waals surface area contributed by atoms with Gasteiger partial charge in [0, 0.05) is 26.2 Å². The first-order valence-corrected chi connectivity index (χ1v) is 19.8. The highest BCUT2D eigenvalue weighted by atomic mass is 16.5. The standard InChI is InChI=1S/C40H78N2O/c1-3-5-7-9-11-13-15-17-19-21-23-25-27-29-31-33-35-41(42-37-39-43-40-38-42)36-34-32-30-28-26-24-22-20-18-16-14-12-10-8-6-4-2/h17-20H,3-16,21-40H2,1-2H3/b19-17-,20-18-. The summed E-state index contributed by atoms with van der Waals surface area (Å²) in [5.74, 6) is 0. The zero-order valence-electron chi connectivity index (χ0n) is 29.7. The van der Waals surface area contributed by atoms with Crippen LogP contribution in [-0.4, -0.2) is 49.4 Å². The molecule has 1 heterocycles. The third-order valence-corrected chi connectivity index (χ3v) is 9.24. The third kappa shape index (κ3) is 28.6. The lowest BCUT2D eigenvalue weighted by atomic mass is 10.1. The van der Waals surface area contributed by atoms with E-state index in [1.807, 2.05) is 0 Å². The van der Waals surface area contributed by atoms with Crippen molar-refractivity contribution in [1.82, 2.24) is 10.0 Å². The molecule has 0 aromatic rings. The lowest BCUT2D eigenvalue weighted by molar-refractivity contribution is -0.0913. The highest BCUT2D eigenvalue weighted by molar-refractivity contribution is 4.82. The second kappa shape index (κ2) is 34.2. The van der Waals surface area contributed by atoms with Gasteiger partial charge in [0.05, 0.1) is 13.2 Å². The molecule has 0 aromatic carbocycles. The Morgan fingerprint density at radius 2 is 0.721 bits per heavy atom. The van der Waals surface area contributed by atoms with Crippen LogP contribution in [0.4, 0.5) is 0 Å². The lowest BCUT2D eigenvalue weighted by Gasteiger charge is -2.37. The smallest absolute Gasteiger partial charge is 0.0608 e. The molecule has 0 unspecified atom stereocenters. The van der Waals surface area contributed by atoms with Crippen molar-refractivity contribution >= 4 is 0 Å². The molecule has 0 amide bonds. The molecule has 1 saturated heterocycles. The van der Waals surface area contributed by atoms with Gasteiger partial charge in [0.1, 0.15) is 0 Å². The second-order valence-corrected chi connectivity index (χ2v) is 13.4. The molecule has 0 spiro atoms. The number of rotatable bonds is 33. The maximum atomic E-state index is 5.64. The van der Waals surface area contributed by atoms with Crippen molar-refractivity contribution in [3.63, 3.8) is 0 Å². The monoisotopic (exact) mass is 603 g/mol. The Labute approximate surface area is 271 Å². The first-order chi connectivity index (χ1) is 21.4. The van der Waals surface area contributed by atoms with Crippen molar-refractivity contribution in [2.45, 2.75) is 194 Å². The minimum atomic E-state index is 0.900. The Balaban J connectivity index is 1.98. The molecule has 43 heavy (non-hydrogen) atoms. The summed E-state index contributed by atoms with van der Waals surface area (Å²) in [4.78, 5) is 0. The van der Waals surface area contributed by atoms with E-state index >= 15 is 0 Å². The van der Waals surface area contributed by atoms with Crippen molar-refractivity contribution in [3.05, 3.63) is 24.3 Å². The molecule has 0 radical (unpaired) electrons. The fourth-order valence-electron chi connectivity index (χ4n) is 6.31. The van der Waals surface area contributed by atoms with Gasteiger partial charge in [-0.25, -0.2) is 10.0 Å². The Hall–Kier alpha value is -0.640. The van der Waals surface area contributed by atoms with Crippen LogP contribution in [0.5, 0.6) is 0 Å². The molecule has 0 bridgehead atoms. The number of hydrogen-bond acceptors (Lipinski definition) is 3. The Kier molecular flexibility index (Phi) is 32.2. The summed E-state index contributed by atoms with van der Waals surface area (Å²) in [7, 11) is 0. The molecule has 1 aliphatic rings. The van der Waals surface area contributed by atoms with Crippen molar-refractivity contribution in [2.24, 2.45) is 0 Å². The van der Waals surface area contributed by atoms with Gasteiger partial charge in [-0.15, -0.1) is 0 Å². The highest BCUT2D eigenvalue weighted by Gasteiger charge is 2.17. The predicted octanol–water partition coefficient (Wildman–Crippen LogP) is 12.6. The molecule has 0 saturated carbocycles. The number of allylic oxidation sites excluding steroid dienone is 4. The normalized spacial score (nSPS) is 14.7. The maximum absolute atomic E-state index is 5.64. The predicted molar refractivity (Wildman–Crippen MR) is 193 cm³/mol. The fourth-order valence-corrected chi connectivity index (χ4v) is 6.31. The summed E-state index contributed by atoms with van der Waals surface area (Å²) >= 11 is 0. The van der Waals surface area contributed by atoms with Crippen LogP contribution in [-0.2, 0) is 4.74 Å². The molecule has 0 N–H and O–H groups in total. The van der Waals surface area contributed by atoms with Gasteiger partial charge in [0.15, 0.2) is 0 Å². The summed E-state index contributed by atoms with van der Waals surface area (Å²) in [6.45, 7) is 11.0. The van der Waals surface area contributed by atoms with Crippen LogP contribution in [0.15, 0.2) is 24.3 Å². The maximum Gasteiger partial charge on any atom is 0.0608 e. The topological polar surface area (TPSA) is 15.7 Å². The minimum Gasteiger partial charge on any atom is -0.379 e. The van der Waals surface area contributed by atoms with Crippen LogP contribution >= 0.6 is 0 Å². The van der Waals surface area contributed by atoms with Gasteiger partial charge in [-0.2, -0.15) is 0 Å². The van der Waals surface area contributed by atoms with Crippen LogP contribution in [0.3, 0.4) is 0 Å². The summed E-state index contributed by atoms with van der Waals surface area (Å²) in [5, 5.41) is 5.28. The van der Waals surface area contributed by atoms with Gasteiger partial charge >= 0.3 is 0 Å². The summed E-state index contributed by atoms with van der Waals surface area (Å²) in [5.41, 5.74) is 0. The molecule has 254 valence electrons. The van der Waals surface area contributed by atoms with Gasteiger partial charge in [0.2, 0.25) is 0 Å². The highest BCUT2D eigenvalue weighted by Crippen LogP contribution is 2.14. The van der Waals surface area contributed by atoms with E-state index in [4.69, 9.17) is 4.74 Å². The number of ether oxygens (including phenoxy) is 1. The summed E-state index contributed by atoms with van der Waals surface area (Å²) in [6, 6.07) is 0. The first-order valence-electron chi connectivity index (χ1n) is 19.8. The SMILES string of the molecule is CCCCCCCC/C=C\CCCCCCCCN(CCCCCCCC/C=C\CCCCCCCC)N1CCOCC1. The molecule has 1 fully saturated rings. The van der Waals surface area contributed by atoms with Crippen LogP contribution in [0.25, 0.3) is 0 Å². The molecular formula is C40H78N2O. The van der Waals surface area contributed by atoms with Crippen molar-refractivity contribution in [2.75, 3.05) is 39.4 Å². The summed E-state index contributed by atoms with van der Waals surface area (Å²) in [6.07, 6.45) is 48.5. The quantitative estimate of drug-likeness (QED) is 0.0549. The molecule has 0 atom stereocenters. The van der Waals surface area contributed by atoms with Crippen molar-refractivity contribution in [1.29, 1.82) is 0 Å². The largest absolute Gasteiger partial charge is 0.379 e. The summed E-state index contributed by atoms with van der Waals surface area (Å²) < 4.78 is 5.64. The van der Waals surface area contributed by atoms with Crippen molar-refractivity contribution in [3.8, 4) is 0 Å². The average molecular weight is 603 g/mol. The van der Waals surface area contributed by atoms with Gasteiger partial charge < -0.3 is 4.74 Å². The van der Waals surface area contributed by atoms with E-state index in [-0.39, 0.29) is 0 Å². The van der Waals surface area contributed by atoms with Gasteiger partial charge in [-0.1, -0.05) is 154 Å². The van der Waals surface area contributed by atoms with E-state index < -0.39 is 0 Å². The Morgan fingerprint density at radius 1 is 0.419 bits per heavy atom. The number of hydrazine groups is 1. The molecule has 0 aliphatic carbocycles. The van der Waals surface area contributed by atoms with E-state index in [9.17, 15) is 0 Å². The molecule has 3 heteroatoms. The van der Waals surface area contributed by atoms with Gasteiger partial charge in [-0.3, -0.25) is 0 Å². The van der Waals surface area contributed by atoms with Crippen LogP contribution in [0.1, 0.15) is 194 Å². The number of nitrogens with zero attached hydrogens (tertiary/aromatic N) is 2. The van der Waals surface area contributed by atoms with Gasteiger partial charge in [0.25, 0.3) is 0 Å². The molecular weight excluding hydrogens is 524 g/mol.